The van der Waals surface area contributed by atoms with E-state index in [9.17, 15) is 4.79 Å². The molecule has 20 heavy (non-hydrogen) atoms. The average molecular weight is 267 g/mol. The molecule has 1 aromatic heterocycles. The van der Waals surface area contributed by atoms with Gasteiger partial charge in [0.2, 0.25) is 0 Å². The average Bonchev–Trinajstić information content (AvgIpc) is 2.90. The number of likely N-dealkylation sites (tertiary alicyclic amines) is 1. The molecule has 1 fully saturated rings. The lowest BCUT2D eigenvalue weighted by Crippen LogP contribution is -2.32. The molecule has 0 spiro atoms. The Bertz CT molecular complexity index is 585. The van der Waals surface area contributed by atoms with Crippen LogP contribution in [-0.2, 0) is 0 Å². The zero-order chi connectivity index (χ0) is 13.9. The number of nitrogens with zero attached hydrogens (tertiary/aromatic N) is 2. The first-order chi connectivity index (χ1) is 9.75. The molecule has 0 saturated carbocycles. The van der Waals surface area contributed by atoms with Crippen molar-refractivity contribution in [3.8, 4) is 0 Å². The van der Waals surface area contributed by atoms with E-state index in [1.165, 1.54) is 5.56 Å². The Hall–Kier alpha value is -2.20. The van der Waals surface area contributed by atoms with Crippen LogP contribution in [-0.4, -0.2) is 34.9 Å². The van der Waals surface area contributed by atoms with Crippen molar-refractivity contribution in [3.63, 3.8) is 0 Å². The minimum absolute atomic E-state index is 0.0109. The molecule has 1 amide bonds. The number of hydrogen-bond acceptors (Lipinski definition) is 3. The van der Waals surface area contributed by atoms with E-state index >= 15 is 0 Å². The number of nitrogens with two attached hydrogens (primary N) is 1. The summed E-state index contributed by atoms with van der Waals surface area (Å²) in [7, 11) is 0. The fourth-order valence-electron chi connectivity index (χ4n) is 2.72. The molecular weight excluding hydrogens is 250 g/mol. The number of carbonyl (C=O) groups excluding carboxylic acids is 1. The molecule has 1 aliphatic heterocycles. The first-order valence-electron chi connectivity index (χ1n) is 6.75. The monoisotopic (exact) mass is 267 g/mol. The highest BCUT2D eigenvalue weighted by molar-refractivity contribution is 5.94. The van der Waals surface area contributed by atoms with E-state index in [2.05, 4.69) is 17.1 Å². The Kier molecular flexibility index (Phi) is 3.48. The highest BCUT2D eigenvalue weighted by Crippen LogP contribution is 2.27. The lowest BCUT2D eigenvalue weighted by molar-refractivity contribution is 0.0789. The van der Waals surface area contributed by atoms with Crippen LogP contribution in [0.3, 0.4) is 0 Å². The summed E-state index contributed by atoms with van der Waals surface area (Å²) in [6.45, 7) is 1.27. The number of pyridine rings is 1. The third kappa shape index (κ3) is 2.42. The fraction of sp³-hybridized carbons (Fsp3) is 0.250. The number of amides is 1. The van der Waals surface area contributed by atoms with Crippen LogP contribution in [0, 0.1) is 0 Å². The third-order valence-corrected chi connectivity index (χ3v) is 3.81. The van der Waals surface area contributed by atoms with Crippen molar-refractivity contribution in [2.24, 2.45) is 5.73 Å². The second-order valence-electron chi connectivity index (χ2n) is 5.13. The third-order valence-electron chi connectivity index (χ3n) is 3.81. The molecule has 3 rings (SSSR count). The maximum atomic E-state index is 12.4. The summed E-state index contributed by atoms with van der Waals surface area (Å²) < 4.78 is 0. The van der Waals surface area contributed by atoms with E-state index in [1.807, 2.05) is 23.1 Å². The normalized spacial score (nSPS) is 21.9. The summed E-state index contributed by atoms with van der Waals surface area (Å²) in [5.74, 6) is 0.239. The van der Waals surface area contributed by atoms with E-state index in [4.69, 9.17) is 5.73 Å². The summed E-state index contributed by atoms with van der Waals surface area (Å²) in [6, 6.07) is 13.6. The van der Waals surface area contributed by atoms with Gasteiger partial charge in [-0.25, -0.2) is 0 Å². The maximum Gasteiger partial charge on any atom is 0.254 e. The fourth-order valence-corrected chi connectivity index (χ4v) is 2.72. The van der Waals surface area contributed by atoms with Crippen molar-refractivity contribution in [2.75, 3.05) is 13.1 Å². The van der Waals surface area contributed by atoms with E-state index < -0.39 is 0 Å². The number of benzene rings is 1. The van der Waals surface area contributed by atoms with Gasteiger partial charge in [0.05, 0.1) is 0 Å². The molecule has 2 N–H and O–H groups in total. The van der Waals surface area contributed by atoms with Crippen molar-refractivity contribution in [1.82, 2.24) is 9.88 Å². The van der Waals surface area contributed by atoms with Gasteiger partial charge in [-0.15, -0.1) is 0 Å². The predicted molar refractivity (Wildman–Crippen MR) is 77.3 cm³/mol. The minimum Gasteiger partial charge on any atom is -0.336 e. The Balaban J connectivity index is 1.77. The van der Waals surface area contributed by atoms with Crippen LogP contribution < -0.4 is 5.73 Å². The second kappa shape index (κ2) is 5.43. The number of rotatable bonds is 2. The van der Waals surface area contributed by atoms with Gasteiger partial charge in [-0.3, -0.25) is 9.78 Å². The second-order valence-corrected chi connectivity index (χ2v) is 5.13. The van der Waals surface area contributed by atoms with Crippen molar-refractivity contribution in [2.45, 2.75) is 12.0 Å². The Morgan fingerprint density at radius 3 is 2.50 bits per heavy atom. The molecule has 2 heterocycles. The Labute approximate surface area is 118 Å². The number of hydrogen-bond donors (Lipinski definition) is 1. The Morgan fingerprint density at radius 2 is 1.80 bits per heavy atom. The summed E-state index contributed by atoms with van der Waals surface area (Å²) in [5, 5.41) is 0. The van der Waals surface area contributed by atoms with E-state index in [-0.39, 0.29) is 17.9 Å². The van der Waals surface area contributed by atoms with Crippen molar-refractivity contribution < 1.29 is 4.79 Å². The van der Waals surface area contributed by atoms with Crippen molar-refractivity contribution in [3.05, 3.63) is 66.0 Å². The lowest BCUT2D eigenvalue weighted by Gasteiger charge is -2.16. The van der Waals surface area contributed by atoms with Gasteiger partial charge in [0.1, 0.15) is 0 Å². The molecule has 1 aliphatic rings. The minimum atomic E-state index is -0.0109. The van der Waals surface area contributed by atoms with E-state index in [1.54, 1.807) is 24.5 Å². The van der Waals surface area contributed by atoms with Crippen LogP contribution in [0.15, 0.2) is 54.9 Å². The summed E-state index contributed by atoms with van der Waals surface area (Å²) >= 11 is 0. The molecule has 0 radical (unpaired) electrons. The zero-order valence-corrected chi connectivity index (χ0v) is 11.1. The molecule has 102 valence electrons. The van der Waals surface area contributed by atoms with Crippen LogP contribution in [0.4, 0.5) is 0 Å². The van der Waals surface area contributed by atoms with Gasteiger partial charge < -0.3 is 10.6 Å². The predicted octanol–water partition coefficient (Wildman–Crippen LogP) is 1.65. The van der Waals surface area contributed by atoms with Gasteiger partial charge in [0, 0.05) is 43.0 Å². The number of aromatic nitrogens is 1. The van der Waals surface area contributed by atoms with Gasteiger partial charge in [-0.1, -0.05) is 30.3 Å². The maximum absolute atomic E-state index is 12.4. The molecule has 4 heteroatoms. The molecule has 0 unspecified atom stereocenters. The number of carbonyl (C=O) groups is 1. The zero-order valence-electron chi connectivity index (χ0n) is 11.1. The molecule has 4 nitrogen and oxygen atoms in total. The Morgan fingerprint density at radius 1 is 1.10 bits per heavy atom. The molecule has 1 aromatic carbocycles. The first-order valence-corrected chi connectivity index (χ1v) is 6.75. The lowest BCUT2D eigenvalue weighted by atomic mass is 9.95. The highest BCUT2D eigenvalue weighted by Gasteiger charge is 2.34. The topological polar surface area (TPSA) is 59.2 Å². The smallest absolute Gasteiger partial charge is 0.254 e. The molecule has 0 bridgehead atoms. The molecule has 2 aromatic rings. The molecule has 1 saturated heterocycles. The molecule has 2 atom stereocenters. The highest BCUT2D eigenvalue weighted by atomic mass is 16.2. The molecule has 0 aliphatic carbocycles. The van der Waals surface area contributed by atoms with Crippen LogP contribution in [0.5, 0.6) is 0 Å². The SMILES string of the molecule is N[C@@H]1CN(C(=O)c2ccncc2)C[C@H]1c1ccccc1. The van der Waals surface area contributed by atoms with Gasteiger partial charge in [0.15, 0.2) is 0 Å². The van der Waals surface area contributed by atoms with E-state index in [0.29, 0.717) is 18.7 Å². The van der Waals surface area contributed by atoms with Crippen LogP contribution in [0.2, 0.25) is 0 Å². The standard InChI is InChI=1S/C16H17N3O/c17-15-11-19(16(20)13-6-8-18-9-7-13)10-14(15)12-4-2-1-3-5-12/h1-9,14-15H,10-11,17H2/t14-,15+/m0/s1. The van der Waals surface area contributed by atoms with Crippen LogP contribution in [0.25, 0.3) is 0 Å². The van der Waals surface area contributed by atoms with Gasteiger partial charge in [0.25, 0.3) is 5.91 Å². The van der Waals surface area contributed by atoms with Gasteiger partial charge in [-0.2, -0.15) is 0 Å². The van der Waals surface area contributed by atoms with Gasteiger partial charge >= 0.3 is 0 Å². The van der Waals surface area contributed by atoms with Crippen LogP contribution >= 0.6 is 0 Å². The summed E-state index contributed by atoms with van der Waals surface area (Å²) in [6.07, 6.45) is 3.27. The van der Waals surface area contributed by atoms with Crippen molar-refractivity contribution >= 4 is 5.91 Å². The van der Waals surface area contributed by atoms with Crippen molar-refractivity contribution in [1.29, 1.82) is 0 Å². The quantitative estimate of drug-likeness (QED) is 0.900. The van der Waals surface area contributed by atoms with E-state index in [0.717, 1.165) is 0 Å². The summed E-state index contributed by atoms with van der Waals surface area (Å²) in [4.78, 5) is 18.2. The van der Waals surface area contributed by atoms with Gasteiger partial charge in [-0.05, 0) is 17.7 Å². The molecular formula is C16H17N3O. The summed E-state index contributed by atoms with van der Waals surface area (Å²) in [5.41, 5.74) is 8.08. The van der Waals surface area contributed by atoms with Crippen LogP contribution in [0.1, 0.15) is 21.8 Å². The first kappa shape index (κ1) is 12.8. The largest absolute Gasteiger partial charge is 0.336 e.